The molecular formula is C26H26N2O4S2. The third kappa shape index (κ3) is 3.95. The molecule has 0 amide bonds. The van der Waals surface area contributed by atoms with E-state index >= 15 is 0 Å². The van der Waals surface area contributed by atoms with E-state index in [2.05, 4.69) is 46.5 Å². The van der Waals surface area contributed by atoms with E-state index in [0.29, 0.717) is 33.1 Å². The first kappa shape index (κ1) is 22.8. The smallest absolute Gasteiger partial charge is 0.249 e. The number of benzene rings is 2. The van der Waals surface area contributed by atoms with Gasteiger partial charge in [-0.15, -0.1) is 0 Å². The SMILES string of the molecule is CC(C)(C)c1ccc2oc(C3=C(c4nc5cc(C(C)(C)C)ccc5o4)S(=S(=O)=O)C=C3)nc2c1. The number of rotatable bonds is 2. The molecule has 1 unspecified atom stereocenters. The highest BCUT2D eigenvalue weighted by molar-refractivity contribution is 8.40. The molecule has 0 spiro atoms. The van der Waals surface area contributed by atoms with Crippen LogP contribution in [0.3, 0.4) is 0 Å². The maximum atomic E-state index is 12.1. The summed E-state index contributed by atoms with van der Waals surface area (Å²) in [5.74, 6) is 0.622. The summed E-state index contributed by atoms with van der Waals surface area (Å²) in [6.07, 6.45) is 1.74. The van der Waals surface area contributed by atoms with Gasteiger partial charge in [-0.25, -0.2) is 9.97 Å². The summed E-state index contributed by atoms with van der Waals surface area (Å²) >= 11 is 0. The van der Waals surface area contributed by atoms with Gasteiger partial charge in [-0.2, -0.15) is 8.42 Å². The minimum Gasteiger partial charge on any atom is -0.436 e. The Morgan fingerprint density at radius 1 is 0.765 bits per heavy atom. The van der Waals surface area contributed by atoms with Crippen molar-refractivity contribution < 1.29 is 17.3 Å². The van der Waals surface area contributed by atoms with Crippen molar-refractivity contribution in [2.24, 2.45) is 0 Å². The van der Waals surface area contributed by atoms with Gasteiger partial charge in [-0.05, 0) is 67.2 Å². The molecule has 1 atom stereocenters. The van der Waals surface area contributed by atoms with Gasteiger partial charge in [0.15, 0.2) is 11.2 Å². The number of hydrogen-bond acceptors (Lipinski definition) is 6. The van der Waals surface area contributed by atoms with Gasteiger partial charge in [-0.3, -0.25) is 0 Å². The van der Waals surface area contributed by atoms with Crippen LogP contribution < -0.4 is 0 Å². The largest absolute Gasteiger partial charge is 0.436 e. The molecule has 0 N–H and O–H groups in total. The van der Waals surface area contributed by atoms with Crippen LogP contribution in [-0.4, -0.2) is 18.4 Å². The van der Waals surface area contributed by atoms with E-state index in [9.17, 15) is 8.42 Å². The quantitative estimate of drug-likeness (QED) is 0.322. The Labute approximate surface area is 201 Å². The third-order valence-corrected chi connectivity index (χ3v) is 9.07. The summed E-state index contributed by atoms with van der Waals surface area (Å²) in [6, 6.07) is 11.8. The van der Waals surface area contributed by atoms with Crippen molar-refractivity contribution in [2.45, 2.75) is 52.4 Å². The van der Waals surface area contributed by atoms with Gasteiger partial charge in [0.1, 0.15) is 11.0 Å². The minimum absolute atomic E-state index is 0.0268. The minimum atomic E-state index is -2.38. The first-order valence-corrected chi connectivity index (χ1v) is 13.9. The summed E-state index contributed by atoms with van der Waals surface area (Å²) in [6.45, 7) is 12.8. The van der Waals surface area contributed by atoms with E-state index in [1.165, 1.54) is 0 Å². The molecular weight excluding hydrogens is 468 g/mol. The third-order valence-electron chi connectivity index (χ3n) is 5.88. The average molecular weight is 495 g/mol. The van der Waals surface area contributed by atoms with Gasteiger partial charge in [0.25, 0.3) is 0 Å². The van der Waals surface area contributed by atoms with Crippen molar-refractivity contribution in [1.82, 2.24) is 9.97 Å². The molecule has 0 aliphatic carbocycles. The fourth-order valence-electron chi connectivity index (χ4n) is 3.87. The highest BCUT2D eigenvalue weighted by atomic mass is 32.9. The van der Waals surface area contributed by atoms with Gasteiger partial charge in [0.2, 0.25) is 21.0 Å². The first-order valence-electron chi connectivity index (χ1n) is 11.0. The lowest BCUT2D eigenvalue weighted by molar-refractivity contribution is 0.578. The molecule has 0 bridgehead atoms. The second-order valence-electron chi connectivity index (χ2n) is 10.5. The number of nitrogens with zero attached hydrogens (tertiary/aromatic N) is 2. The lowest BCUT2D eigenvalue weighted by Gasteiger charge is -2.18. The molecule has 4 aromatic rings. The fourth-order valence-corrected chi connectivity index (χ4v) is 6.45. The zero-order valence-corrected chi connectivity index (χ0v) is 21.6. The summed E-state index contributed by atoms with van der Waals surface area (Å²) in [5.41, 5.74) is 5.43. The molecule has 34 heavy (non-hydrogen) atoms. The van der Waals surface area contributed by atoms with Crippen molar-refractivity contribution in [3.05, 3.63) is 70.8 Å². The van der Waals surface area contributed by atoms with Crippen LogP contribution in [0.1, 0.15) is 64.5 Å². The number of fused-ring (bicyclic) bond motifs is 2. The van der Waals surface area contributed by atoms with E-state index in [4.69, 9.17) is 13.8 Å². The number of hydrogen-bond donors (Lipinski definition) is 0. The lowest BCUT2D eigenvalue weighted by atomic mass is 9.87. The first-order chi connectivity index (χ1) is 15.9. The van der Waals surface area contributed by atoms with E-state index in [-0.39, 0.29) is 16.7 Å². The van der Waals surface area contributed by atoms with Gasteiger partial charge < -0.3 is 8.83 Å². The fraction of sp³-hybridized carbons (Fsp3) is 0.308. The van der Waals surface area contributed by atoms with E-state index < -0.39 is 18.7 Å². The topological polar surface area (TPSA) is 86.2 Å². The Bertz CT molecular complexity index is 1660. The summed E-state index contributed by atoms with van der Waals surface area (Å²) < 4.78 is 36.3. The molecule has 3 heterocycles. The Hall–Kier alpha value is -2.97. The molecule has 2 aromatic heterocycles. The molecule has 0 saturated heterocycles. The van der Waals surface area contributed by atoms with Gasteiger partial charge in [0, 0.05) is 0 Å². The standard InChI is InChI=1S/C26H26N2O4S2/c1-25(2,3)15-7-9-20-18(13-15)27-23(31-20)17-11-12-33(34(29)30)22(17)24-28-19-14-16(26(4,5)6)8-10-21(19)32-24/h7-14H,1-6H3. The average Bonchev–Trinajstić information content (AvgIpc) is 3.45. The molecule has 1 aliphatic heterocycles. The van der Waals surface area contributed by atoms with Gasteiger partial charge in [-0.1, -0.05) is 53.7 Å². The zero-order chi connectivity index (χ0) is 24.4. The Morgan fingerprint density at radius 2 is 1.26 bits per heavy atom. The molecule has 8 heteroatoms. The van der Waals surface area contributed by atoms with Crippen molar-refractivity contribution >= 4 is 51.4 Å². The second kappa shape index (κ2) is 7.78. The molecule has 5 rings (SSSR count). The van der Waals surface area contributed by atoms with Crippen molar-refractivity contribution in [2.75, 3.05) is 0 Å². The van der Waals surface area contributed by atoms with Crippen LogP contribution in [0.2, 0.25) is 0 Å². The normalized spacial score (nSPS) is 16.8. The summed E-state index contributed by atoms with van der Waals surface area (Å²) in [4.78, 5) is 9.84. The van der Waals surface area contributed by atoms with Crippen LogP contribution in [0.25, 0.3) is 32.7 Å². The number of oxazole rings is 2. The molecule has 0 radical (unpaired) electrons. The maximum absolute atomic E-state index is 12.1. The van der Waals surface area contributed by atoms with Crippen LogP contribution in [-0.2, 0) is 29.5 Å². The second-order valence-corrected chi connectivity index (χ2v) is 14.0. The van der Waals surface area contributed by atoms with Gasteiger partial charge in [0.05, 0.1) is 10.5 Å². The zero-order valence-electron chi connectivity index (χ0n) is 20.0. The van der Waals surface area contributed by atoms with E-state index in [0.717, 1.165) is 16.6 Å². The molecule has 0 fully saturated rings. The van der Waals surface area contributed by atoms with Gasteiger partial charge >= 0.3 is 0 Å². The van der Waals surface area contributed by atoms with Crippen molar-refractivity contribution in [3.63, 3.8) is 0 Å². The van der Waals surface area contributed by atoms with Crippen molar-refractivity contribution in [1.29, 1.82) is 0 Å². The molecule has 0 saturated carbocycles. The molecule has 1 aliphatic rings. The maximum Gasteiger partial charge on any atom is 0.249 e. The van der Waals surface area contributed by atoms with Crippen molar-refractivity contribution in [3.8, 4) is 0 Å². The summed E-state index contributed by atoms with van der Waals surface area (Å²) in [7, 11) is -3.60. The van der Waals surface area contributed by atoms with Crippen LogP contribution in [0, 0.1) is 0 Å². The van der Waals surface area contributed by atoms with E-state index in [1.807, 2.05) is 36.4 Å². The van der Waals surface area contributed by atoms with Crippen LogP contribution in [0.15, 0.2) is 56.7 Å². The number of aromatic nitrogens is 2. The highest BCUT2D eigenvalue weighted by Gasteiger charge is 2.28. The van der Waals surface area contributed by atoms with E-state index in [1.54, 1.807) is 11.5 Å². The van der Waals surface area contributed by atoms with Crippen LogP contribution >= 0.6 is 0 Å². The van der Waals surface area contributed by atoms with Crippen LogP contribution in [0.4, 0.5) is 0 Å². The molecule has 2 aromatic carbocycles. The summed E-state index contributed by atoms with van der Waals surface area (Å²) in [5, 5.41) is 1.64. The Kier molecular flexibility index (Phi) is 5.22. The molecule has 6 nitrogen and oxygen atoms in total. The monoisotopic (exact) mass is 494 g/mol. The highest BCUT2D eigenvalue weighted by Crippen LogP contribution is 2.38. The predicted molar refractivity (Wildman–Crippen MR) is 138 cm³/mol. The lowest BCUT2D eigenvalue weighted by Crippen LogP contribution is -2.10. The predicted octanol–water partition coefficient (Wildman–Crippen LogP) is 6.37. The molecule has 176 valence electrons. The Morgan fingerprint density at radius 3 is 1.76 bits per heavy atom. The van der Waals surface area contributed by atoms with Crippen LogP contribution in [0.5, 0.6) is 0 Å². The number of allylic oxidation sites excluding steroid dienone is 2. The Balaban J connectivity index is 1.70.